The van der Waals surface area contributed by atoms with Crippen LogP contribution >= 0.6 is 0 Å². The third kappa shape index (κ3) is 3.46. The zero-order valence-corrected chi connectivity index (χ0v) is 11.3. The van der Waals surface area contributed by atoms with E-state index < -0.39 is 0 Å². The molecule has 1 aliphatic rings. The van der Waals surface area contributed by atoms with Gasteiger partial charge in [-0.3, -0.25) is 0 Å². The summed E-state index contributed by atoms with van der Waals surface area (Å²) in [7, 11) is 2.26. The molecule has 2 nitrogen and oxygen atoms in total. The Bertz CT molecular complexity index is 191. The fraction of sp³-hybridized carbons (Fsp3) is 1.00. The van der Waals surface area contributed by atoms with Crippen molar-refractivity contribution in [2.45, 2.75) is 40.7 Å². The summed E-state index contributed by atoms with van der Waals surface area (Å²) in [6.07, 6.45) is 0. The molecule has 0 amide bonds. The van der Waals surface area contributed by atoms with Crippen molar-refractivity contribution >= 4 is 0 Å². The Morgan fingerprint density at radius 3 is 2.13 bits per heavy atom. The lowest BCUT2D eigenvalue weighted by Crippen LogP contribution is -2.49. The minimum atomic E-state index is 0.381. The summed E-state index contributed by atoms with van der Waals surface area (Å²) in [6.45, 7) is 15.4. The number of nitrogens with zero attached hydrogens (tertiary/aromatic N) is 1. The lowest BCUT2D eigenvalue weighted by atomic mass is 9.84. The summed E-state index contributed by atoms with van der Waals surface area (Å²) < 4.78 is 0. The third-order valence-corrected chi connectivity index (χ3v) is 4.11. The van der Waals surface area contributed by atoms with Gasteiger partial charge in [-0.1, -0.05) is 27.7 Å². The van der Waals surface area contributed by atoms with Crippen molar-refractivity contribution in [3.8, 4) is 0 Å². The lowest BCUT2D eigenvalue weighted by Gasteiger charge is -2.40. The van der Waals surface area contributed by atoms with Crippen molar-refractivity contribution in [2.24, 2.45) is 17.3 Å². The second-order valence-electron chi connectivity index (χ2n) is 6.38. The molecule has 0 spiro atoms. The van der Waals surface area contributed by atoms with Gasteiger partial charge >= 0.3 is 0 Å². The average Bonchev–Trinajstić information content (AvgIpc) is 1.97. The second-order valence-corrected chi connectivity index (χ2v) is 6.38. The second kappa shape index (κ2) is 4.84. The standard InChI is InChI=1S/C13H28N2/c1-10(12-7-14-8-12)9-15(6)11(2)13(3,4)5/h10-12,14H,7-9H2,1-6H3. The minimum Gasteiger partial charge on any atom is -0.316 e. The highest BCUT2D eigenvalue weighted by Gasteiger charge is 2.28. The van der Waals surface area contributed by atoms with Crippen molar-refractivity contribution in [3.63, 3.8) is 0 Å². The highest BCUT2D eigenvalue weighted by molar-refractivity contribution is 4.83. The monoisotopic (exact) mass is 212 g/mol. The van der Waals surface area contributed by atoms with E-state index in [4.69, 9.17) is 0 Å². The molecule has 0 aromatic heterocycles. The van der Waals surface area contributed by atoms with Crippen LogP contribution in [0.1, 0.15) is 34.6 Å². The predicted octanol–water partition coefficient (Wildman–Crippen LogP) is 2.21. The Morgan fingerprint density at radius 2 is 1.80 bits per heavy atom. The van der Waals surface area contributed by atoms with E-state index in [0.717, 1.165) is 11.8 Å². The van der Waals surface area contributed by atoms with Crippen molar-refractivity contribution in [1.82, 2.24) is 10.2 Å². The third-order valence-electron chi connectivity index (χ3n) is 4.11. The van der Waals surface area contributed by atoms with E-state index in [9.17, 15) is 0 Å². The number of nitrogens with one attached hydrogen (secondary N) is 1. The highest BCUT2D eigenvalue weighted by atomic mass is 15.1. The van der Waals surface area contributed by atoms with Gasteiger partial charge in [0.25, 0.3) is 0 Å². The maximum atomic E-state index is 3.36. The van der Waals surface area contributed by atoms with Gasteiger partial charge < -0.3 is 10.2 Å². The van der Waals surface area contributed by atoms with Crippen LogP contribution in [0, 0.1) is 17.3 Å². The van der Waals surface area contributed by atoms with Crippen LogP contribution in [0.15, 0.2) is 0 Å². The van der Waals surface area contributed by atoms with Crippen molar-refractivity contribution in [3.05, 3.63) is 0 Å². The summed E-state index contributed by atoms with van der Waals surface area (Å²) >= 11 is 0. The molecule has 2 heteroatoms. The topological polar surface area (TPSA) is 15.3 Å². The first-order chi connectivity index (χ1) is 6.82. The SMILES string of the molecule is CC(CN(C)C(C)C(C)(C)C)C1CNC1. The van der Waals surface area contributed by atoms with Gasteiger partial charge in [-0.15, -0.1) is 0 Å². The van der Waals surface area contributed by atoms with Gasteiger partial charge in [0.05, 0.1) is 0 Å². The molecule has 1 aliphatic heterocycles. The molecule has 2 unspecified atom stereocenters. The van der Waals surface area contributed by atoms with Gasteiger partial charge in [0.2, 0.25) is 0 Å². The Balaban J connectivity index is 2.36. The molecular weight excluding hydrogens is 184 g/mol. The van der Waals surface area contributed by atoms with E-state index in [1.807, 2.05) is 0 Å². The van der Waals surface area contributed by atoms with Crippen LogP contribution in [0.5, 0.6) is 0 Å². The molecule has 90 valence electrons. The molecule has 0 bridgehead atoms. The van der Waals surface area contributed by atoms with Crippen molar-refractivity contribution in [2.75, 3.05) is 26.7 Å². The molecule has 15 heavy (non-hydrogen) atoms. The maximum Gasteiger partial charge on any atom is 0.0112 e. The molecule has 1 rings (SSSR count). The number of hydrogen-bond acceptors (Lipinski definition) is 2. The molecule has 0 aromatic rings. The van der Waals surface area contributed by atoms with Crippen molar-refractivity contribution < 1.29 is 0 Å². The Kier molecular flexibility index (Phi) is 4.19. The molecule has 1 N–H and O–H groups in total. The lowest BCUT2D eigenvalue weighted by molar-refractivity contribution is 0.101. The normalized spacial score (nSPS) is 22.6. The van der Waals surface area contributed by atoms with Gasteiger partial charge in [0, 0.05) is 12.6 Å². The molecule has 0 aliphatic carbocycles. The van der Waals surface area contributed by atoms with Crippen LogP contribution < -0.4 is 5.32 Å². The van der Waals surface area contributed by atoms with E-state index in [1.54, 1.807) is 0 Å². The summed E-state index contributed by atoms with van der Waals surface area (Å²) in [5.74, 6) is 1.72. The smallest absolute Gasteiger partial charge is 0.0112 e. The van der Waals surface area contributed by atoms with Crippen LogP contribution in [-0.2, 0) is 0 Å². The van der Waals surface area contributed by atoms with E-state index in [2.05, 4.69) is 51.9 Å². The molecule has 1 heterocycles. The quantitative estimate of drug-likeness (QED) is 0.768. The number of hydrogen-bond donors (Lipinski definition) is 1. The molecule has 0 saturated carbocycles. The molecule has 1 saturated heterocycles. The average molecular weight is 212 g/mol. The molecular formula is C13H28N2. The van der Waals surface area contributed by atoms with E-state index >= 15 is 0 Å². The molecule has 1 fully saturated rings. The van der Waals surface area contributed by atoms with E-state index in [1.165, 1.54) is 19.6 Å². The fourth-order valence-electron chi connectivity index (χ4n) is 2.14. The van der Waals surface area contributed by atoms with Crippen molar-refractivity contribution in [1.29, 1.82) is 0 Å². The van der Waals surface area contributed by atoms with Crippen LogP contribution in [0.4, 0.5) is 0 Å². The summed E-state index contributed by atoms with van der Waals surface area (Å²) in [5, 5.41) is 3.36. The summed E-state index contributed by atoms with van der Waals surface area (Å²) in [4.78, 5) is 2.52. The summed E-state index contributed by atoms with van der Waals surface area (Å²) in [5.41, 5.74) is 0.381. The first kappa shape index (κ1) is 13.0. The molecule has 0 radical (unpaired) electrons. The Hall–Kier alpha value is -0.0800. The predicted molar refractivity (Wildman–Crippen MR) is 67.1 cm³/mol. The Labute approximate surface area is 95.4 Å². The van der Waals surface area contributed by atoms with E-state index in [0.29, 0.717) is 11.5 Å². The van der Waals surface area contributed by atoms with Crippen LogP contribution in [-0.4, -0.2) is 37.6 Å². The van der Waals surface area contributed by atoms with Crippen LogP contribution in [0.2, 0.25) is 0 Å². The first-order valence-corrected chi connectivity index (χ1v) is 6.23. The highest BCUT2D eigenvalue weighted by Crippen LogP contribution is 2.25. The zero-order chi connectivity index (χ0) is 11.6. The van der Waals surface area contributed by atoms with Gasteiger partial charge in [-0.2, -0.15) is 0 Å². The van der Waals surface area contributed by atoms with Gasteiger partial charge in [-0.05, 0) is 44.3 Å². The minimum absolute atomic E-state index is 0.381. The van der Waals surface area contributed by atoms with Gasteiger partial charge in [0.15, 0.2) is 0 Å². The first-order valence-electron chi connectivity index (χ1n) is 6.23. The Morgan fingerprint density at radius 1 is 1.27 bits per heavy atom. The summed E-state index contributed by atoms with van der Waals surface area (Å²) in [6, 6.07) is 0.646. The van der Waals surface area contributed by atoms with E-state index in [-0.39, 0.29) is 0 Å². The number of rotatable bonds is 4. The maximum absolute atomic E-state index is 3.36. The molecule has 0 aromatic carbocycles. The van der Waals surface area contributed by atoms with Gasteiger partial charge in [0.1, 0.15) is 0 Å². The zero-order valence-electron chi connectivity index (χ0n) is 11.3. The van der Waals surface area contributed by atoms with Gasteiger partial charge in [-0.25, -0.2) is 0 Å². The van der Waals surface area contributed by atoms with Crippen LogP contribution in [0.25, 0.3) is 0 Å². The largest absolute Gasteiger partial charge is 0.316 e. The fourth-order valence-corrected chi connectivity index (χ4v) is 2.14. The molecule has 2 atom stereocenters. The van der Waals surface area contributed by atoms with Crippen LogP contribution in [0.3, 0.4) is 0 Å².